The number of carbonyl (C=O) groups excluding carboxylic acids is 2. The van der Waals surface area contributed by atoms with E-state index in [-0.39, 0.29) is 5.82 Å². The number of urea groups is 1. The van der Waals surface area contributed by atoms with Crippen LogP contribution in [0.25, 0.3) is 0 Å². The highest BCUT2D eigenvalue weighted by molar-refractivity contribution is 6.07. The summed E-state index contributed by atoms with van der Waals surface area (Å²) in [6.07, 6.45) is 1.83. The number of imide groups is 1. The van der Waals surface area contributed by atoms with Crippen molar-refractivity contribution >= 4 is 18.2 Å². The molecular weight excluding hydrogens is 249 g/mol. The van der Waals surface area contributed by atoms with Crippen LogP contribution in [0.2, 0.25) is 0 Å². The molecule has 6 heteroatoms. The summed E-state index contributed by atoms with van der Waals surface area (Å²) in [5.74, 6) is -0.746. The molecule has 5 nitrogen and oxygen atoms in total. The summed E-state index contributed by atoms with van der Waals surface area (Å²) in [6, 6.07) is 5.03. The normalized spacial score (nSPS) is 23.2. The van der Waals surface area contributed by atoms with Gasteiger partial charge in [-0.2, -0.15) is 5.10 Å². The Labute approximate surface area is 110 Å². The number of halogens is 1. The first kappa shape index (κ1) is 13.2. The molecule has 2 rings (SSSR count). The molecule has 1 aromatic rings. The van der Waals surface area contributed by atoms with Gasteiger partial charge in [0.05, 0.1) is 6.21 Å². The molecule has 1 heterocycles. The minimum absolute atomic E-state index is 0.356. The fourth-order valence-corrected chi connectivity index (χ4v) is 1.69. The van der Waals surface area contributed by atoms with Gasteiger partial charge in [0.1, 0.15) is 11.4 Å². The van der Waals surface area contributed by atoms with Gasteiger partial charge < -0.3 is 5.32 Å². The van der Waals surface area contributed by atoms with E-state index in [4.69, 9.17) is 0 Å². The highest BCUT2D eigenvalue weighted by Crippen LogP contribution is 2.20. The highest BCUT2D eigenvalue weighted by atomic mass is 19.1. The molecule has 0 aliphatic carbocycles. The maximum atomic E-state index is 12.7. The molecule has 1 atom stereocenters. The molecule has 1 saturated heterocycles. The summed E-state index contributed by atoms with van der Waals surface area (Å²) in [5, 5.41) is 7.24. The number of hydrogen-bond acceptors (Lipinski definition) is 3. The van der Waals surface area contributed by atoms with Crippen LogP contribution in [0.5, 0.6) is 0 Å². The predicted octanol–water partition coefficient (Wildman–Crippen LogP) is 1.88. The van der Waals surface area contributed by atoms with E-state index in [1.807, 2.05) is 6.92 Å². The van der Waals surface area contributed by atoms with Crippen molar-refractivity contribution in [3.63, 3.8) is 0 Å². The van der Waals surface area contributed by atoms with Gasteiger partial charge in [-0.25, -0.2) is 9.18 Å². The lowest BCUT2D eigenvalue weighted by atomic mass is 10.00. The van der Waals surface area contributed by atoms with Crippen LogP contribution in [0, 0.1) is 5.82 Å². The second-order valence-electron chi connectivity index (χ2n) is 4.53. The molecule has 0 unspecified atom stereocenters. The van der Waals surface area contributed by atoms with Crippen molar-refractivity contribution in [2.75, 3.05) is 0 Å². The minimum Gasteiger partial charge on any atom is -0.322 e. The van der Waals surface area contributed by atoms with Gasteiger partial charge in [-0.1, -0.05) is 19.1 Å². The number of hydrogen-bond donors (Lipinski definition) is 1. The van der Waals surface area contributed by atoms with Gasteiger partial charge in [0.2, 0.25) is 0 Å². The molecule has 1 aliphatic rings. The van der Waals surface area contributed by atoms with Gasteiger partial charge in [-0.15, -0.1) is 5.01 Å². The van der Waals surface area contributed by atoms with E-state index < -0.39 is 17.5 Å². The van der Waals surface area contributed by atoms with Crippen molar-refractivity contribution in [3.05, 3.63) is 35.6 Å². The summed E-state index contributed by atoms with van der Waals surface area (Å²) in [7, 11) is 0. The smallest absolute Gasteiger partial charge is 0.322 e. The van der Waals surface area contributed by atoms with Gasteiger partial charge >= 0.3 is 6.03 Å². The number of nitrogens with one attached hydrogen (secondary N) is 1. The zero-order valence-corrected chi connectivity index (χ0v) is 10.7. The number of nitrogens with zero attached hydrogens (tertiary/aromatic N) is 2. The lowest BCUT2D eigenvalue weighted by Gasteiger charge is -2.17. The molecule has 100 valence electrons. The zero-order chi connectivity index (χ0) is 14.0. The van der Waals surface area contributed by atoms with Crippen molar-refractivity contribution in [1.82, 2.24) is 10.3 Å². The Hall–Kier alpha value is -2.24. The minimum atomic E-state index is -0.906. The maximum absolute atomic E-state index is 12.7. The van der Waals surface area contributed by atoms with E-state index in [9.17, 15) is 14.0 Å². The Balaban J connectivity index is 2.17. The van der Waals surface area contributed by atoms with Gasteiger partial charge in [0.15, 0.2) is 0 Å². The third-order valence-corrected chi connectivity index (χ3v) is 3.14. The molecular formula is C13H14FN3O2. The Bertz CT molecular complexity index is 541. The van der Waals surface area contributed by atoms with E-state index >= 15 is 0 Å². The number of benzene rings is 1. The molecule has 0 radical (unpaired) electrons. The number of carbonyl (C=O) groups is 2. The standard InChI is InChI=1S/C13H14FN3O2/c1-3-13(2)11(18)17(12(19)16-13)15-8-9-4-6-10(14)7-5-9/h4-8H,3H2,1-2H3,(H,16,19)/b15-8-/t13-/m1/s1. The van der Waals surface area contributed by atoms with Crippen LogP contribution in [-0.2, 0) is 4.79 Å². The van der Waals surface area contributed by atoms with Gasteiger partial charge in [-0.05, 0) is 31.0 Å². The summed E-state index contributed by atoms with van der Waals surface area (Å²) in [5.41, 5.74) is -0.302. The molecule has 1 aromatic carbocycles. The Morgan fingerprint density at radius 1 is 1.37 bits per heavy atom. The van der Waals surface area contributed by atoms with E-state index in [0.29, 0.717) is 12.0 Å². The summed E-state index contributed by atoms with van der Waals surface area (Å²) in [6.45, 7) is 3.46. The maximum Gasteiger partial charge on any atom is 0.346 e. The van der Waals surface area contributed by atoms with Crippen molar-refractivity contribution in [2.45, 2.75) is 25.8 Å². The average molecular weight is 263 g/mol. The first-order valence-corrected chi connectivity index (χ1v) is 5.92. The lowest BCUT2D eigenvalue weighted by Crippen LogP contribution is -2.42. The molecule has 3 amide bonds. The predicted molar refractivity (Wildman–Crippen MR) is 68.1 cm³/mol. The van der Waals surface area contributed by atoms with Crippen LogP contribution in [0.3, 0.4) is 0 Å². The fourth-order valence-electron chi connectivity index (χ4n) is 1.69. The Morgan fingerprint density at radius 3 is 2.53 bits per heavy atom. The van der Waals surface area contributed by atoms with Crippen LogP contribution in [0.4, 0.5) is 9.18 Å². The van der Waals surface area contributed by atoms with Crippen molar-refractivity contribution in [3.8, 4) is 0 Å². The summed E-state index contributed by atoms with van der Waals surface area (Å²) >= 11 is 0. The topological polar surface area (TPSA) is 61.8 Å². The van der Waals surface area contributed by atoms with Crippen LogP contribution >= 0.6 is 0 Å². The van der Waals surface area contributed by atoms with E-state index in [1.54, 1.807) is 6.92 Å². The Morgan fingerprint density at radius 2 is 2.00 bits per heavy atom. The van der Waals surface area contributed by atoms with Crippen molar-refractivity contribution < 1.29 is 14.0 Å². The van der Waals surface area contributed by atoms with Gasteiger partial charge in [-0.3, -0.25) is 4.79 Å². The summed E-state index contributed by atoms with van der Waals surface area (Å²) < 4.78 is 12.7. The first-order valence-electron chi connectivity index (χ1n) is 5.92. The van der Waals surface area contributed by atoms with Crippen LogP contribution < -0.4 is 5.32 Å². The largest absolute Gasteiger partial charge is 0.346 e. The highest BCUT2D eigenvalue weighted by Gasteiger charge is 2.46. The van der Waals surface area contributed by atoms with E-state index in [2.05, 4.69) is 10.4 Å². The second-order valence-corrected chi connectivity index (χ2v) is 4.53. The third-order valence-electron chi connectivity index (χ3n) is 3.14. The average Bonchev–Trinajstić information content (AvgIpc) is 2.61. The molecule has 1 aliphatic heterocycles. The SMILES string of the molecule is CC[C@@]1(C)NC(=O)N(/N=C\c2ccc(F)cc2)C1=O. The molecule has 0 spiro atoms. The van der Waals surface area contributed by atoms with E-state index in [0.717, 1.165) is 5.01 Å². The van der Waals surface area contributed by atoms with Crippen molar-refractivity contribution in [2.24, 2.45) is 5.10 Å². The van der Waals surface area contributed by atoms with Crippen LogP contribution in [0.1, 0.15) is 25.8 Å². The number of rotatable bonds is 3. The number of hydrazone groups is 1. The van der Waals surface area contributed by atoms with Gasteiger partial charge in [0, 0.05) is 0 Å². The molecule has 1 N–H and O–H groups in total. The quantitative estimate of drug-likeness (QED) is 0.668. The molecule has 0 aromatic heterocycles. The molecule has 19 heavy (non-hydrogen) atoms. The first-order chi connectivity index (χ1) is 8.96. The number of amides is 3. The third kappa shape index (κ3) is 2.47. The second kappa shape index (κ2) is 4.79. The molecule has 0 bridgehead atoms. The molecule has 0 saturated carbocycles. The zero-order valence-electron chi connectivity index (χ0n) is 10.7. The summed E-state index contributed by atoms with van der Waals surface area (Å²) in [4.78, 5) is 23.7. The van der Waals surface area contributed by atoms with Crippen LogP contribution in [-0.4, -0.2) is 28.7 Å². The van der Waals surface area contributed by atoms with E-state index in [1.165, 1.54) is 30.5 Å². The van der Waals surface area contributed by atoms with Crippen molar-refractivity contribution in [1.29, 1.82) is 0 Å². The lowest BCUT2D eigenvalue weighted by molar-refractivity contribution is -0.130. The monoisotopic (exact) mass is 263 g/mol. The Kier molecular flexibility index (Phi) is 3.33. The van der Waals surface area contributed by atoms with Crippen LogP contribution in [0.15, 0.2) is 29.4 Å². The van der Waals surface area contributed by atoms with Gasteiger partial charge in [0.25, 0.3) is 5.91 Å². The fraction of sp³-hybridized carbons (Fsp3) is 0.308. The molecule has 1 fully saturated rings.